The fraction of sp³-hybridized carbons (Fsp3) is 0.360. The molecule has 0 heterocycles. The van der Waals surface area contributed by atoms with E-state index in [1.807, 2.05) is 0 Å². The smallest absolute Gasteiger partial charge is 0.0648 e. The summed E-state index contributed by atoms with van der Waals surface area (Å²) >= 11 is 0. The average Bonchev–Trinajstić information content (AvgIpc) is 2.90. The van der Waals surface area contributed by atoms with Gasteiger partial charge in [0.15, 0.2) is 0 Å². The maximum Gasteiger partial charge on any atom is 0.104 e. The Kier molecular flexibility index (Phi) is 5.98. The van der Waals surface area contributed by atoms with Gasteiger partial charge >= 0.3 is 0 Å². The van der Waals surface area contributed by atoms with Crippen LogP contribution in [0.2, 0.25) is 6.04 Å². The highest BCUT2D eigenvalue weighted by Crippen LogP contribution is 2.43. The van der Waals surface area contributed by atoms with Crippen LogP contribution in [0.25, 0.3) is 0 Å². The Bertz CT molecular complexity index is 759. The number of rotatable bonds is 6. The molecule has 2 atom stereocenters. The van der Waals surface area contributed by atoms with E-state index >= 15 is 0 Å². The van der Waals surface area contributed by atoms with Gasteiger partial charge in [0.05, 0.1) is 0 Å². The summed E-state index contributed by atoms with van der Waals surface area (Å²) in [6, 6.07) is 23.8. The lowest BCUT2D eigenvalue weighted by Crippen LogP contribution is -2.43. The molecule has 0 bridgehead atoms. The van der Waals surface area contributed by atoms with Gasteiger partial charge in [-0.3, -0.25) is 0 Å². The Balaban J connectivity index is 2.01. The number of hydrogen-bond donors (Lipinski definition) is 0. The van der Waals surface area contributed by atoms with Gasteiger partial charge in [-0.1, -0.05) is 96.0 Å². The highest BCUT2D eigenvalue weighted by Gasteiger charge is 2.33. The summed E-state index contributed by atoms with van der Waals surface area (Å²) < 4.78 is 0. The molecular formula is C25H32Si. The van der Waals surface area contributed by atoms with Gasteiger partial charge in [-0.05, 0) is 56.2 Å². The van der Waals surface area contributed by atoms with E-state index in [0.29, 0.717) is 11.8 Å². The molecule has 2 unspecified atom stereocenters. The third kappa shape index (κ3) is 3.64. The summed E-state index contributed by atoms with van der Waals surface area (Å²) in [4.78, 5) is 0. The standard InChI is InChI=1S/C25H32Si/c1-6-18(2)25-21(5)19(3)20(4)24(25)17-26(22-13-9-7-10-14-22)23-15-11-8-12-16-23/h7-16,18,24,26H,6,17H2,1-5H3. The van der Waals surface area contributed by atoms with E-state index in [1.54, 1.807) is 32.7 Å². The Morgan fingerprint density at radius 2 is 1.31 bits per heavy atom. The second kappa shape index (κ2) is 8.22. The lowest BCUT2D eigenvalue weighted by Gasteiger charge is -2.27. The molecular weight excluding hydrogens is 328 g/mol. The zero-order valence-corrected chi connectivity index (χ0v) is 18.1. The second-order valence-electron chi connectivity index (χ2n) is 7.86. The highest BCUT2D eigenvalue weighted by molar-refractivity contribution is 6.85. The molecule has 0 radical (unpaired) electrons. The first kappa shape index (κ1) is 18.9. The maximum atomic E-state index is 2.42. The molecule has 0 saturated carbocycles. The zero-order valence-electron chi connectivity index (χ0n) is 16.9. The van der Waals surface area contributed by atoms with E-state index in [-0.39, 0.29) is 0 Å². The molecule has 1 aliphatic carbocycles. The quantitative estimate of drug-likeness (QED) is 0.609. The van der Waals surface area contributed by atoms with Crippen molar-refractivity contribution < 1.29 is 0 Å². The van der Waals surface area contributed by atoms with Gasteiger partial charge in [0.2, 0.25) is 0 Å². The SMILES string of the molecule is CCC(C)C1=C(C)C(C)=C(C)C1C[SiH](c1ccccc1)c1ccccc1. The van der Waals surface area contributed by atoms with Crippen molar-refractivity contribution in [1.82, 2.24) is 0 Å². The van der Waals surface area contributed by atoms with Crippen molar-refractivity contribution in [3.05, 3.63) is 83.0 Å². The van der Waals surface area contributed by atoms with Crippen LogP contribution in [0, 0.1) is 11.8 Å². The second-order valence-corrected chi connectivity index (χ2v) is 10.8. The molecule has 0 nitrogen and oxygen atoms in total. The Morgan fingerprint density at radius 3 is 1.77 bits per heavy atom. The van der Waals surface area contributed by atoms with E-state index in [1.165, 1.54) is 12.5 Å². The van der Waals surface area contributed by atoms with Crippen molar-refractivity contribution in [2.24, 2.45) is 11.8 Å². The first-order valence-electron chi connectivity index (χ1n) is 10.0. The minimum atomic E-state index is -1.26. The van der Waals surface area contributed by atoms with Crippen LogP contribution in [-0.4, -0.2) is 8.80 Å². The third-order valence-electron chi connectivity index (χ3n) is 6.50. The Hall–Kier alpha value is -1.86. The molecule has 0 spiro atoms. The molecule has 0 N–H and O–H groups in total. The first-order valence-corrected chi connectivity index (χ1v) is 12.0. The van der Waals surface area contributed by atoms with Crippen molar-refractivity contribution in [3.8, 4) is 0 Å². The minimum Gasteiger partial charge on any atom is -0.0648 e. The topological polar surface area (TPSA) is 0 Å². The van der Waals surface area contributed by atoms with Crippen LogP contribution in [0.15, 0.2) is 83.0 Å². The summed E-state index contributed by atoms with van der Waals surface area (Å²) in [5.41, 5.74) is 6.43. The molecule has 0 saturated heterocycles. The van der Waals surface area contributed by atoms with E-state index < -0.39 is 8.80 Å². The van der Waals surface area contributed by atoms with Gasteiger partial charge in [-0.15, -0.1) is 0 Å². The highest BCUT2D eigenvalue weighted by atomic mass is 28.3. The molecule has 136 valence electrons. The number of allylic oxidation sites excluding steroid dienone is 4. The van der Waals surface area contributed by atoms with Crippen LogP contribution in [0.1, 0.15) is 41.0 Å². The van der Waals surface area contributed by atoms with Gasteiger partial charge < -0.3 is 0 Å². The van der Waals surface area contributed by atoms with E-state index in [4.69, 9.17) is 0 Å². The molecule has 1 heteroatoms. The third-order valence-corrected chi connectivity index (χ3v) is 9.83. The van der Waals surface area contributed by atoms with Gasteiger partial charge in [-0.25, -0.2) is 0 Å². The van der Waals surface area contributed by atoms with Crippen molar-refractivity contribution in [2.45, 2.75) is 47.1 Å². The van der Waals surface area contributed by atoms with Crippen LogP contribution in [0.4, 0.5) is 0 Å². The normalized spacial score (nSPS) is 18.8. The molecule has 3 rings (SSSR count). The molecule has 26 heavy (non-hydrogen) atoms. The molecule has 2 aromatic carbocycles. The Morgan fingerprint density at radius 1 is 0.808 bits per heavy atom. The maximum absolute atomic E-state index is 2.42. The van der Waals surface area contributed by atoms with Gasteiger partial charge in [-0.2, -0.15) is 0 Å². The molecule has 2 aromatic rings. The molecule has 1 aliphatic rings. The summed E-state index contributed by atoms with van der Waals surface area (Å²) in [6.07, 6.45) is 1.23. The zero-order chi connectivity index (χ0) is 18.7. The van der Waals surface area contributed by atoms with Crippen LogP contribution < -0.4 is 10.4 Å². The van der Waals surface area contributed by atoms with Gasteiger partial charge in [0, 0.05) is 0 Å². The van der Waals surface area contributed by atoms with Crippen molar-refractivity contribution in [3.63, 3.8) is 0 Å². The first-order chi connectivity index (χ1) is 12.5. The summed E-state index contributed by atoms with van der Waals surface area (Å²) in [5.74, 6) is 1.30. The van der Waals surface area contributed by atoms with Crippen molar-refractivity contribution in [1.29, 1.82) is 0 Å². The van der Waals surface area contributed by atoms with Crippen LogP contribution in [0.5, 0.6) is 0 Å². The summed E-state index contributed by atoms with van der Waals surface area (Å²) in [6.45, 7) is 11.8. The van der Waals surface area contributed by atoms with Crippen LogP contribution >= 0.6 is 0 Å². The van der Waals surface area contributed by atoms with Crippen LogP contribution in [0.3, 0.4) is 0 Å². The summed E-state index contributed by atoms with van der Waals surface area (Å²) in [5, 5.41) is 3.13. The largest absolute Gasteiger partial charge is 0.104 e. The summed E-state index contributed by atoms with van der Waals surface area (Å²) in [7, 11) is -1.26. The van der Waals surface area contributed by atoms with E-state index in [0.717, 1.165) is 0 Å². The monoisotopic (exact) mass is 360 g/mol. The fourth-order valence-electron chi connectivity index (χ4n) is 4.58. The molecule has 0 fully saturated rings. The van der Waals surface area contributed by atoms with Gasteiger partial charge in [0.1, 0.15) is 8.80 Å². The van der Waals surface area contributed by atoms with Gasteiger partial charge in [0.25, 0.3) is 0 Å². The fourth-order valence-corrected chi connectivity index (χ4v) is 7.96. The van der Waals surface area contributed by atoms with Crippen molar-refractivity contribution in [2.75, 3.05) is 0 Å². The Labute approximate surface area is 161 Å². The molecule has 0 amide bonds. The minimum absolute atomic E-state index is 0.627. The van der Waals surface area contributed by atoms with E-state index in [9.17, 15) is 0 Å². The lowest BCUT2D eigenvalue weighted by molar-refractivity contribution is 0.583. The lowest BCUT2D eigenvalue weighted by atomic mass is 9.86. The molecule has 0 aromatic heterocycles. The number of hydrogen-bond acceptors (Lipinski definition) is 0. The predicted molar refractivity (Wildman–Crippen MR) is 118 cm³/mol. The average molecular weight is 361 g/mol. The number of benzene rings is 2. The predicted octanol–water partition coefficient (Wildman–Crippen LogP) is 5.36. The molecule has 0 aliphatic heterocycles. The van der Waals surface area contributed by atoms with E-state index in [2.05, 4.69) is 95.3 Å². The van der Waals surface area contributed by atoms with Crippen LogP contribution in [-0.2, 0) is 0 Å². The van der Waals surface area contributed by atoms with Crippen molar-refractivity contribution >= 4 is 19.2 Å².